The molecule has 5 nitrogen and oxygen atoms in total. The van der Waals surface area contributed by atoms with Gasteiger partial charge in [0.15, 0.2) is 0 Å². The molecule has 0 amide bonds. The lowest BCUT2D eigenvalue weighted by Gasteiger charge is -2.08. The fraction of sp³-hybridized carbons (Fsp3) is 0.0909. The molecule has 0 spiro atoms. The zero-order valence-corrected chi connectivity index (χ0v) is 10.7. The number of ether oxygens (including phenoxy) is 1. The topological polar surface area (TPSA) is 73.1 Å². The van der Waals surface area contributed by atoms with Crippen molar-refractivity contribution in [3.05, 3.63) is 34.9 Å². The Balaban J connectivity index is 2.24. The van der Waals surface area contributed by atoms with Crippen LogP contribution in [-0.4, -0.2) is 17.1 Å². The molecule has 0 saturated carbocycles. The number of hydrogen-bond donors (Lipinski definition) is 2. The predicted octanol–water partition coefficient (Wildman–Crippen LogP) is 2.57. The van der Waals surface area contributed by atoms with E-state index in [0.717, 1.165) is 15.9 Å². The average Bonchev–Trinajstić information content (AvgIpc) is 2.32. The summed E-state index contributed by atoms with van der Waals surface area (Å²) in [6, 6.07) is 7.25. The van der Waals surface area contributed by atoms with Crippen molar-refractivity contribution in [3.8, 4) is 5.75 Å². The minimum atomic E-state index is 0.423. The van der Waals surface area contributed by atoms with Crippen LogP contribution in [0.5, 0.6) is 5.75 Å². The molecule has 88 valence electrons. The number of nitrogens with zero attached hydrogens (tertiary/aromatic N) is 2. The van der Waals surface area contributed by atoms with E-state index >= 15 is 0 Å². The lowest BCUT2D eigenvalue weighted by molar-refractivity contribution is 0.412. The van der Waals surface area contributed by atoms with Gasteiger partial charge in [-0.15, -0.1) is 0 Å². The molecule has 0 aliphatic carbocycles. The maximum Gasteiger partial charge on any atom is 0.229 e. The molecule has 2 aromatic rings. The highest BCUT2D eigenvalue weighted by Crippen LogP contribution is 2.28. The maximum absolute atomic E-state index is 5.57. The van der Waals surface area contributed by atoms with Crippen LogP contribution in [0, 0.1) is 0 Å². The molecule has 17 heavy (non-hydrogen) atoms. The Morgan fingerprint density at radius 1 is 1.35 bits per heavy atom. The predicted molar refractivity (Wildman–Crippen MR) is 70.4 cm³/mol. The Hall–Kier alpha value is -1.82. The molecule has 1 aromatic carbocycles. The lowest BCUT2D eigenvalue weighted by atomic mass is 10.3. The fourth-order valence-electron chi connectivity index (χ4n) is 1.30. The summed E-state index contributed by atoms with van der Waals surface area (Å²) in [6.07, 6.45) is 1.60. The quantitative estimate of drug-likeness (QED) is 0.910. The minimum Gasteiger partial charge on any atom is -0.495 e. The summed E-state index contributed by atoms with van der Waals surface area (Å²) < 4.78 is 6.08. The molecule has 0 aliphatic heterocycles. The molecule has 0 saturated heterocycles. The Kier molecular flexibility index (Phi) is 3.43. The van der Waals surface area contributed by atoms with Gasteiger partial charge in [-0.25, -0.2) is 4.98 Å². The molecule has 0 unspecified atom stereocenters. The van der Waals surface area contributed by atoms with E-state index in [0.29, 0.717) is 11.8 Å². The van der Waals surface area contributed by atoms with Crippen LogP contribution in [0.4, 0.5) is 17.5 Å². The third kappa shape index (κ3) is 2.85. The first-order valence-corrected chi connectivity index (χ1v) is 5.67. The first-order valence-electron chi connectivity index (χ1n) is 4.88. The Morgan fingerprint density at radius 3 is 2.88 bits per heavy atom. The third-order valence-corrected chi connectivity index (χ3v) is 2.74. The van der Waals surface area contributed by atoms with Gasteiger partial charge in [0, 0.05) is 18.0 Å². The van der Waals surface area contributed by atoms with Crippen LogP contribution in [0.1, 0.15) is 0 Å². The molecule has 0 atom stereocenters. The molecule has 1 heterocycles. The van der Waals surface area contributed by atoms with Gasteiger partial charge < -0.3 is 15.8 Å². The molecule has 1 aromatic heterocycles. The van der Waals surface area contributed by atoms with Crippen molar-refractivity contribution in [3.63, 3.8) is 0 Å². The van der Waals surface area contributed by atoms with Crippen LogP contribution in [0.15, 0.2) is 34.9 Å². The highest BCUT2D eigenvalue weighted by Gasteiger charge is 2.03. The smallest absolute Gasteiger partial charge is 0.229 e. The summed E-state index contributed by atoms with van der Waals surface area (Å²) in [5.41, 5.74) is 6.40. The number of nitrogens with one attached hydrogen (secondary N) is 1. The molecule has 2 rings (SSSR count). The van der Waals surface area contributed by atoms with E-state index in [-0.39, 0.29) is 0 Å². The van der Waals surface area contributed by atoms with Gasteiger partial charge in [-0.1, -0.05) is 0 Å². The van der Waals surface area contributed by atoms with E-state index in [4.69, 9.17) is 10.5 Å². The van der Waals surface area contributed by atoms with Crippen LogP contribution in [-0.2, 0) is 0 Å². The van der Waals surface area contributed by atoms with E-state index < -0.39 is 0 Å². The third-order valence-electron chi connectivity index (χ3n) is 2.08. The van der Waals surface area contributed by atoms with Gasteiger partial charge in [0.25, 0.3) is 0 Å². The number of aromatic nitrogens is 2. The van der Waals surface area contributed by atoms with E-state index in [2.05, 4.69) is 31.2 Å². The largest absolute Gasteiger partial charge is 0.495 e. The molecule has 0 fully saturated rings. The highest BCUT2D eigenvalue weighted by atomic mass is 79.9. The average molecular weight is 295 g/mol. The zero-order valence-electron chi connectivity index (χ0n) is 9.14. The van der Waals surface area contributed by atoms with Gasteiger partial charge >= 0.3 is 0 Å². The standard InChI is InChI=1S/C11H11BrN4O/c1-17-9-6-7(2-3-8(9)12)15-11-14-5-4-10(13)16-11/h2-6H,1H3,(H3,13,14,15,16). The SMILES string of the molecule is COc1cc(Nc2nccc(N)n2)ccc1Br. The second kappa shape index (κ2) is 5.01. The number of nitrogen functional groups attached to an aromatic ring is 1. The summed E-state index contributed by atoms with van der Waals surface area (Å²) in [6.45, 7) is 0. The van der Waals surface area contributed by atoms with Crippen molar-refractivity contribution >= 4 is 33.4 Å². The molecular formula is C11H11BrN4O. The Bertz CT molecular complexity index is 533. The first kappa shape index (κ1) is 11.7. The molecular weight excluding hydrogens is 284 g/mol. The number of methoxy groups -OCH3 is 1. The fourth-order valence-corrected chi connectivity index (χ4v) is 1.71. The summed E-state index contributed by atoms with van der Waals surface area (Å²) >= 11 is 3.38. The number of rotatable bonds is 3. The normalized spacial score (nSPS) is 10.0. The van der Waals surface area contributed by atoms with Crippen LogP contribution in [0.25, 0.3) is 0 Å². The Morgan fingerprint density at radius 2 is 2.18 bits per heavy atom. The van der Waals surface area contributed by atoms with Gasteiger partial charge in [-0.05, 0) is 34.1 Å². The van der Waals surface area contributed by atoms with Crippen molar-refractivity contribution in [2.24, 2.45) is 0 Å². The van der Waals surface area contributed by atoms with Gasteiger partial charge in [0.05, 0.1) is 11.6 Å². The number of halogens is 1. The van der Waals surface area contributed by atoms with E-state index in [1.807, 2.05) is 18.2 Å². The number of benzene rings is 1. The summed E-state index contributed by atoms with van der Waals surface area (Å²) in [5.74, 6) is 1.61. The Labute approximate surface area is 107 Å². The second-order valence-corrected chi connectivity index (χ2v) is 4.13. The summed E-state index contributed by atoms with van der Waals surface area (Å²) in [5, 5.41) is 3.04. The molecule has 6 heteroatoms. The van der Waals surface area contributed by atoms with E-state index in [1.54, 1.807) is 19.4 Å². The van der Waals surface area contributed by atoms with Gasteiger partial charge in [0.1, 0.15) is 11.6 Å². The van der Waals surface area contributed by atoms with Crippen molar-refractivity contribution < 1.29 is 4.74 Å². The van der Waals surface area contributed by atoms with Crippen molar-refractivity contribution in [2.45, 2.75) is 0 Å². The summed E-state index contributed by atoms with van der Waals surface area (Å²) in [4.78, 5) is 8.11. The molecule has 0 radical (unpaired) electrons. The van der Waals surface area contributed by atoms with Crippen molar-refractivity contribution in [2.75, 3.05) is 18.2 Å². The van der Waals surface area contributed by atoms with Crippen molar-refractivity contribution in [1.29, 1.82) is 0 Å². The maximum atomic E-state index is 5.57. The van der Waals surface area contributed by atoms with Gasteiger partial charge in [-0.3, -0.25) is 0 Å². The van der Waals surface area contributed by atoms with Crippen LogP contribution in [0.3, 0.4) is 0 Å². The van der Waals surface area contributed by atoms with E-state index in [9.17, 15) is 0 Å². The molecule has 0 aliphatic rings. The highest BCUT2D eigenvalue weighted by molar-refractivity contribution is 9.10. The van der Waals surface area contributed by atoms with E-state index in [1.165, 1.54) is 0 Å². The molecule has 0 bridgehead atoms. The molecule has 3 N–H and O–H groups in total. The summed E-state index contributed by atoms with van der Waals surface area (Å²) in [7, 11) is 1.61. The van der Waals surface area contributed by atoms with Crippen LogP contribution >= 0.6 is 15.9 Å². The number of nitrogens with two attached hydrogens (primary N) is 1. The first-order chi connectivity index (χ1) is 8.19. The second-order valence-electron chi connectivity index (χ2n) is 3.28. The number of hydrogen-bond acceptors (Lipinski definition) is 5. The van der Waals surface area contributed by atoms with Crippen molar-refractivity contribution in [1.82, 2.24) is 9.97 Å². The lowest BCUT2D eigenvalue weighted by Crippen LogP contribution is -1.99. The van der Waals surface area contributed by atoms with Gasteiger partial charge in [-0.2, -0.15) is 4.98 Å². The monoisotopic (exact) mass is 294 g/mol. The minimum absolute atomic E-state index is 0.423. The van der Waals surface area contributed by atoms with Crippen LogP contribution in [0.2, 0.25) is 0 Å². The zero-order chi connectivity index (χ0) is 12.3. The number of anilines is 3. The van der Waals surface area contributed by atoms with Gasteiger partial charge in [0.2, 0.25) is 5.95 Å². The van der Waals surface area contributed by atoms with Crippen LogP contribution < -0.4 is 15.8 Å².